The Kier molecular flexibility index (Phi) is 26.3. The summed E-state index contributed by atoms with van der Waals surface area (Å²) in [6.45, 7) is 16.2. The van der Waals surface area contributed by atoms with E-state index in [2.05, 4.69) is 0 Å². The van der Waals surface area contributed by atoms with Crippen LogP contribution in [0, 0.1) is 5.41 Å². The second-order valence-corrected chi connectivity index (χ2v) is 7.76. The first-order valence-electron chi connectivity index (χ1n) is 13.9. The van der Waals surface area contributed by atoms with E-state index in [1.165, 1.54) is 0 Å². The van der Waals surface area contributed by atoms with Crippen LogP contribution in [0.3, 0.4) is 0 Å². The lowest BCUT2D eigenvalue weighted by Gasteiger charge is -2.25. The Hall–Kier alpha value is -1.84. The van der Waals surface area contributed by atoms with E-state index in [9.17, 15) is 0 Å². The molecule has 13 heteroatoms. The summed E-state index contributed by atoms with van der Waals surface area (Å²) in [7, 11) is 0. The van der Waals surface area contributed by atoms with Crippen LogP contribution in [0.1, 0.15) is 55.4 Å². The summed E-state index contributed by atoms with van der Waals surface area (Å²) in [5, 5.41) is 34.0. The third-order valence-corrected chi connectivity index (χ3v) is 4.78. The number of ether oxygens (including phenoxy) is 9. The number of hydrogen-bond acceptors (Lipinski definition) is 13. The maximum atomic E-state index is 8.50. The molecule has 40 heavy (non-hydrogen) atoms. The van der Waals surface area contributed by atoms with E-state index in [0.717, 1.165) is 0 Å². The first kappa shape index (κ1) is 40.3. The van der Waals surface area contributed by atoms with E-state index < -0.39 is 44.4 Å². The lowest BCUT2D eigenvalue weighted by molar-refractivity contribution is -0.154. The van der Waals surface area contributed by atoms with Crippen LogP contribution in [0.4, 0.5) is 0 Å². The van der Waals surface area contributed by atoms with Crippen LogP contribution >= 0.6 is 0 Å². The van der Waals surface area contributed by atoms with Crippen molar-refractivity contribution < 1.29 is 63.1 Å². The standard InChI is InChI=1S/C22H42O9.C5H12O4/c1-9-23-17(19(25-11-3)26-12-4)21(29-15-7)31-22(30-16-8)18(24-10-2)20(27-13-5)28-14-6;6-1-5(2-7,3-8)4-9/h19-20H,9-16H2,1-8H3;6-9H,1-4H2. The summed E-state index contributed by atoms with van der Waals surface area (Å²) in [4.78, 5) is 0. The topological polar surface area (TPSA) is 164 Å². The molecule has 0 aromatic rings. The van der Waals surface area contributed by atoms with Crippen molar-refractivity contribution in [3.63, 3.8) is 0 Å². The van der Waals surface area contributed by atoms with Crippen molar-refractivity contribution >= 4 is 0 Å². The van der Waals surface area contributed by atoms with Gasteiger partial charge in [-0.05, 0) is 55.4 Å². The molecular formula is C27H54O13. The third kappa shape index (κ3) is 15.2. The minimum Gasteiger partial charge on any atom is -0.487 e. The van der Waals surface area contributed by atoms with Gasteiger partial charge in [-0.1, -0.05) is 0 Å². The van der Waals surface area contributed by atoms with Gasteiger partial charge in [0.2, 0.25) is 24.1 Å². The van der Waals surface area contributed by atoms with Gasteiger partial charge < -0.3 is 63.1 Å². The van der Waals surface area contributed by atoms with Gasteiger partial charge in [0, 0.05) is 26.4 Å². The maximum absolute atomic E-state index is 8.50. The molecule has 0 aliphatic rings. The van der Waals surface area contributed by atoms with Crippen LogP contribution in [0.15, 0.2) is 23.4 Å². The third-order valence-electron chi connectivity index (χ3n) is 4.78. The smallest absolute Gasteiger partial charge is 0.332 e. The van der Waals surface area contributed by atoms with E-state index >= 15 is 0 Å². The van der Waals surface area contributed by atoms with Crippen LogP contribution in [-0.2, 0) is 42.6 Å². The predicted octanol–water partition coefficient (Wildman–Crippen LogP) is 2.23. The fourth-order valence-corrected chi connectivity index (χ4v) is 2.71. The van der Waals surface area contributed by atoms with Gasteiger partial charge in [-0.2, -0.15) is 0 Å². The minimum absolute atomic E-state index is 0.0589. The van der Waals surface area contributed by atoms with Gasteiger partial charge >= 0.3 is 11.9 Å². The summed E-state index contributed by atoms with van der Waals surface area (Å²) < 4.78 is 51.9. The highest BCUT2D eigenvalue weighted by atomic mass is 16.8. The number of aliphatic hydroxyl groups is 4. The van der Waals surface area contributed by atoms with E-state index in [4.69, 9.17) is 63.1 Å². The summed E-state index contributed by atoms with van der Waals surface area (Å²) in [6.07, 6.45) is -1.60. The average Bonchev–Trinajstić information content (AvgIpc) is 2.96. The Morgan fingerprint density at radius 3 is 0.900 bits per heavy atom. The quantitative estimate of drug-likeness (QED) is 0.0962. The van der Waals surface area contributed by atoms with Crippen molar-refractivity contribution in [3.05, 3.63) is 23.4 Å². The van der Waals surface area contributed by atoms with Gasteiger partial charge in [0.1, 0.15) is 0 Å². The van der Waals surface area contributed by atoms with Gasteiger partial charge in [0.25, 0.3) is 0 Å². The molecule has 0 saturated carbocycles. The Morgan fingerprint density at radius 2 is 0.725 bits per heavy atom. The summed E-state index contributed by atoms with van der Waals surface area (Å²) in [6, 6.07) is 0. The molecule has 0 aromatic carbocycles. The molecule has 0 aromatic heterocycles. The molecule has 0 aliphatic heterocycles. The Labute approximate surface area is 239 Å². The molecule has 0 heterocycles. The van der Waals surface area contributed by atoms with Gasteiger partial charge in [0.15, 0.2) is 0 Å². The number of rotatable bonds is 24. The zero-order chi connectivity index (χ0) is 30.8. The van der Waals surface area contributed by atoms with Crippen molar-refractivity contribution in [1.82, 2.24) is 0 Å². The molecule has 4 N–H and O–H groups in total. The van der Waals surface area contributed by atoms with E-state index in [-0.39, 0.29) is 23.4 Å². The zero-order valence-corrected chi connectivity index (χ0v) is 25.6. The second-order valence-electron chi connectivity index (χ2n) is 7.76. The summed E-state index contributed by atoms with van der Waals surface area (Å²) in [5.74, 6) is 0.656. The molecule has 0 amide bonds. The molecule has 13 nitrogen and oxygen atoms in total. The molecule has 0 fully saturated rings. The Balaban J connectivity index is 0. The number of aliphatic hydroxyl groups excluding tert-OH is 4. The van der Waals surface area contributed by atoms with E-state index in [1.807, 2.05) is 55.4 Å². The van der Waals surface area contributed by atoms with Crippen molar-refractivity contribution in [3.8, 4) is 0 Å². The molecule has 0 aliphatic carbocycles. The highest BCUT2D eigenvalue weighted by Gasteiger charge is 2.30. The van der Waals surface area contributed by atoms with Crippen molar-refractivity contribution in [2.75, 3.05) is 79.3 Å². The first-order chi connectivity index (χ1) is 19.3. The van der Waals surface area contributed by atoms with E-state index in [0.29, 0.717) is 52.9 Å². The van der Waals surface area contributed by atoms with Crippen LogP contribution < -0.4 is 0 Å². The lowest BCUT2D eigenvalue weighted by atomic mass is 9.93. The molecule has 0 radical (unpaired) electrons. The van der Waals surface area contributed by atoms with Crippen LogP contribution in [0.5, 0.6) is 0 Å². The molecule has 0 spiro atoms. The lowest BCUT2D eigenvalue weighted by Crippen LogP contribution is -2.37. The van der Waals surface area contributed by atoms with Crippen molar-refractivity contribution in [2.45, 2.75) is 68.0 Å². The predicted molar refractivity (Wildman–Crippen MR) is 146 cm³/mol. The molecule has 0 bridgehead atoms. The fourth-order valence-electron chi connectivity index (χ4n) is 2.71. The second kappa shape index (κ2) is 26.1. The average molecular weight is 587 g/mol. The summed E-state index contributed by atoms with van der Waals surface area (Å²) in [5.41, 5.74) is -1.11. The molecule has 0 unspecified atom stereocenters. The SMILES string of the molecule is CCOC(OC(OCC)=C(OCC)C(OCC)OCC)=C(OCC)C(OCC)OCC.OCC(CO)(CO)CO. The van der Waals surface area contributed by atoms with Gasteiger partial charge in [-0.15, -0.1) is 0 Å². The molecular weight excluding hydrogens is 532 g/mol. The molecule has 0 atom stereocenters. The van der Waals surface area contributed by atoms with Crippen LogP contribution in [0.25, 0.3) is 0 Å². The fraction of sp³-hybridized carbons (Fsp3) is 0.852. The Bertz CT molecular complexity index is 577. The highest BCUT2D eigenvalue weighted by Crippen LogP contribution is 2.25. The van der Waals surface area contributed by atoms with Gasteiger partial charge in [0.05, 0.1) is 58.3 Å². The molecule has 0 saturated heterocycles. The monoisotopic (exact) mass is 586 g/mol. The van der Waals surface area contributed by atoms with Crippen LogP contribution in [0.2, 0.25) is 0 Å². The zero-order valence-electron chi connectivity index (χ0n) is 25.6. The molecule has 0 rings (SSSR count). The number of hydrogen-bond donors (Lipinski definition) is 4. The van der Waals surface area contributed by atoms with Crippen molar-refractivity contribution in [2.24, 2.45) is 5.41 Å². The minimum atomic E-state index is -1.11. The summed E-state index contributed by atoms with van der Waals surface area (Å²) >= 11 is 0. The normalized spacial score (nSPS) is 12.8. The van der Waals surface area contributed by atoms with E-state index in [1.54, 1.807) is 0 Å². The molecule has 240 valence electrons. The van der Waals surface area contributed by atoms with Gasteiger partial charge in [-0.25, -0.2) is 0 Å². The maximum Gasteiger partial charge on any atom is 0.332 e. The van der Waals surface area contributed by atoms with Crippen molar-refractivity contribution in [1.29, 1.82) is 0 Å². The Morgan fingerprint density at radius 1 is 0.450 bits per heavy atom. The highest BCUT2D eigenvalue weighted by molar-refractivity contribution is 5.06. The van der Waals surface area contributed by atoms with Gasteiger partial charge in [-0.3, -0.25) is 0 Å². The van der Waals surface area contributed by atoms with Crippen LogP contribution in [-0.4, -0.2) is 112 Å². The first-order valence-corrected chi connectivity index (χ1v) is 13.9. The largest absolute Gasteiger partial charge is 0.487 e.